The SMILES string of the molecule is CC(CCN)CN1CCCC(N(C)C)C1. The Labute approximate surface area is 94.6 Å². The van der Waals surface area contributed by atoms with Crippen LogP contribution in [-0.2, 0) is 0 Å². The largest absolute Gasteiger partial charge is 0.330 e. The first kappa shape index (κ1) is 12.9. The molecule has 0 aliphatic carbocycles. The molecule has 0 aromatic heterocycles. The Bertz CT molecular complexity index is 170. The molecule has 0 saturated carbocycles. The van der Waals surface area contributed by atoms with Crippen LogP contribution in [0.15, 0.2) is 0 Å². The molecule has 15 heavy (non-hydrogen) atoms. The lowest BCUT2D eigenvalue weighted by molar-refractivity contribution is 0.119. The second-order valence-electron chi connectivity index (χ2n) is 5.20. The van der Waals surface area contributed by atoms with Gasteiger partial charge in [-0.3, -0.25) is 0 Å². The van der Waals surface area contributed by atoms with Gasteiger partial charge in [-0.15, -0.1) is 0 Å². The van der Waals surface area contributed by atoms with Gasteiger partial charge < -0.3 is 15.5 Å². The monoisotopic (exact) mass is 213 g/mol. The smallest absolute Gasteiger partial charge is 0.0217 e. The fraction of sp³-hybridized carbons (Fsp3) is 1.00. The van der Waals surface area contributed by atoms with E-state index in [0.29, 0.717) is 0 Å². The lowest BCUT2D eigenvalue weighted by atomic mass is 10.0. The molecule has 1 heterocycles. The minimum absolute atomic E-state index is 0.746. The Morgan fingerprint density at radius 1 is 1.47 bits per heavy atom. The molecule has 3 heteroatoms. The second-order valence-corrected chi connectivity index (χ2v) is 5.20. The normalized spacial score (nSPS) is 25.8. The van der Waals surface area contributed by atoms with Crippen molar-refractivity contribution in [3.63, 3.8) is 0 Å². The van der Waals surface area contributed by atoms with E-state index in [9.17, 15) is 0 Å². The molecule has 0 spiro atoms. The summed E-state index contributed by atoms with van der Waals surface area (Å²) in [5.74, 6) is 0.746. The fourth-order valence-corrected chi connectivity index (χ4v) is 2.44. The highest BCUT2D eigenvalue weighted by Crippen LogP contribution is 2.15. The summed E-state index contributed by atoms with van der Waals surface area (Å²) in [5, 5.41) is 0. The third-order valence-electron chi connectivity index (χ3n) is 3.44. The van der Waals surface area contributed by atoms with Crippen LogP contribution in [0.4, 0.5) is 0 Å². The van der Waals surface area contributed by atoms with Crippen LogP contribution >= 0.6 is 0 Å². The Hall–Kier alpha value is -0.120. The van der Waals surface area contributed by atoms with E-state index in [1.165, 1.54) is 32.5 Å². The van der Waals surface area contributed by atoms with Crippen LogP contribution in [0.3, 0.4) is 0 Å². The first-order chi connectivity index (χ1) is 7.13. The molecule has 0 amide bonds. The Kier molecular flexibility index (Phi) is 5.58. The van der Waals surface area contributed by atoms with Gasteiger partial charge >= 0.3 is 0 Å². The number of nitrogens with two attached hydrogens (primary N) is 1. The molecule has 2 unspecified atom stereocenters. The van der Waals surface area contributed by atoms with Crippen molar-refractivity contribution in [2.75, 3.05) is 40.3 Å². The maximum atomic E-state index is 5.58. The summed E-state index contributed by atoms with van der Waals surface area (Å²) in [6.07, 6.45) is 3.86. The van der Waals surface area contributed by atoms with Crippen LogP contribution in [0.1, 0.15) is 26.2 Å². The van der Waals surface area contributed by atoms with Crippen LogP contribution in [-0.4, -0.2) is 56.1 Å². The van der Waals surface area contributed by atoms with Crippen LogP contribution in [0.5, 0.6) is 0 Å². The molecular weight excluding hydrogens is 186 g/mol. The molecule has 3 nitrogen and oxygen atoms in total. The van der Waals surface area contributed by atoms with Gasteiger partial charge in [-0.2, -0.15) is 0 Å². The highest BCUT2D eigenvalue weighted by molar-refractivity contribution is 4.78. The average molecular weight is 213 g/mol. The standard InChI is InChI=1S/C12H27N3/c1-11(6-7-13)9-15-8-4-5-12(10-15)14(2)3/h11-12H,4-10,13H2,1-3H3. The summed E-state index contributed by atoms with van der Waals surface area (Å²) in [6.45, 7) is 6.88. The van der Waals surface area contributed by atoms with Gasteiger partial charge in [-0.1, -0.05) is 6.92 Å². The molecule has 1 rings (SSSR count). The van der Waals surface area contributed by atoms with Crippen molar-refractivity contribution >= 4 is 0 Å². The van der Waals surface area contributed by atoms with Crippen molar-refractivity contribution < 1.29 is 0 Å². The molecule has 1 aliphatic rings. The van der Waals surface area contributed by atoms with E-state index in [1.54, 1.807) is 0 Å². The van der Waals surface area contributed by atoms with Crippen molar-refractivity contribution in [2.45, 2.75) is 32.2 Å². The lowest BCUT2D eigenvalue weighted by Gasteiger charge is -2.37. The predicted molar refractivity (Wildman–Crippen MR) is 66.0 cm³/mol. The Balaban J connectivity index is 2.29. The molecule has 0 aromatic carbocycles. The third-order valence-corrected chi connectivity index (χ3v) is 3.44. The Morgan fingerprint density at radius 3 is 2.80 bits per heavy atom. The molecule has 90 valence electrons. The van der Waals surface area contributed by atoms with E-state index < -0.39 is 0 Å². The van der Waals surface area contributed by atoms with Crippen molar-refractivity contribution in [3.05, 3.63) is 0 Å². The van der Waals surface area contributed by atoms with E-state index in [1.807, 2.05) is 0 Å². The number of piperidine rings is 1. The average Bonchev–Trinajstić information content (AvgIpc) is 2.18. The quantitative estimate of drug-likeness (QED) is 0.739. The molecule has 0 bridgehead atoms. The van der Waals surface area contributed by atoms with Gasteiger partial charge in [0.1, 0.15) is 0 Å². The van der Waals surface area contributed by atoms with E-state index in [0.717, 1.165) is 24.9 Å². The fourth-order valence-electron chi connectivity index (χ4n) is 2.44. The van der Waals surface area contributed by atoms with Crippen LogP contribution in [0.2, 0.25) is 0 Å². The summed E-state index contributed by atoms with van der Waals surface area (Å²) >= 11 is 0. The summed E-state index contributed by atoms with van der Waals surface area (Å²) in [6, 6.07) is 0.754. The van der Waals surface area contributed by atoms with Crippen molar-refractivity contribution in [1.29, 1.82) is 0 Å². The van der Waals surface area contributed by atoms with Crippen LogP contribution in [0, 0.1) is 5.92 Å². The predicted octanol–water partition coefficient (Wildman–Crippen LogP) is 0.997. The summed E-state index contributed by atoms with van der Waals surface area (Å²) < 4.78 is 0. The van der Waals surface area contributed by atoms with Crippen molar-refractivity contribution in [3.8, 4) is 0 Å². The molecule has 2 N–H and O–H groups in total. The number of likely N-dealkylation sites (N-methyl/N-ethyl adjacent to an activating group) is 1. The van der Waals surface area contributed by atoms with Gasteiger partial charge in [0, 0.05) is 19.1 Å². The maximum absolute atomic E-state index is 5.58. The number of nitrogens with zero attached hydrogens (tertiary/aromatic N) is 2. The first-order valence-electron chi connectivity index (χ1n) is 6.22. The lowest BCUT2D eigenvalue weighted by Crippen LogP contribution is -2.46. The zero-order valence-electron chi connectivity index (χ0n) is 10.6. The molecule has 1 fully saturated rings. The first-order valence-corrected chi connectivity index (χ1v) is 6.22. The highest BCUT2D eigenvalue weighted by atomic mass is 15.2. The van der Waals surface area contributed by atoms with Gasteiger partial charge in [0.25, 0.3) is 0 Å². The van der Waals surface area contributed by atoms with Crippen molar-refractivity contribution in [2.24, 2.45) is 11.7 Å². The third kappa shape index (κ3) is 4.49. The van der Waals surface area contributed by atoms with E-state index in [2.05, 4.69) is 30.8 Å². The topological polar surface area (TPSA) is 32.5 Å². The number of rotatable bonds is 5. The summed E-state index contributed by atoms with van der Waals surface area (Å²) in [7, 11) is 4.38. The summed E-state index contributed by atoms with van der Waals surface area (Å²) in [5.41, 5.74) is 5.58. The molecule has 1 aliphatic heterocycles. The Morgan fingerprint density at radius 2 is 2.20 bits per heavy atom. The molecule has 0 radical (unpaired) electrons. The minimum Gasteiger partial charge on any atom is -0.330 e. The van der Waals surface area contributed by atoms with Gasteiger partial charge in [0.2, 0.25) is 0 Å². The number of hydrogen-bond donors (Lipinski definition) is 1. The zero-order chi connectivity index (χ0) is 11.3. The van der Waals surface area contributed by atoms with Crippen molar-refractivity contribution in [1.82, 2.24) is 9.80 Å². The second kappa shape index (κ2) is 6.46. The number of hydrogen-bond acceptors (Lipinski definition) is 3. The summed E-state index contributed by atoms with van der Waals surface area (Å²) in [4.78, 5) is 4.97. The molecule has 2 atom stereocenters. The van der Waals surface area contributed by atoms with Gasteiger partial charge in [0.15, 0.2) is 0 Å². The van der Waals surface area contributed by atoms with Crippen LogP contribution in [0.25, 0.3) is 0 Å². The van der Waals surface area contributed by atoms with E-state index in [4.69, 9.17) is 5.73 Å². The van der Waals surface area contributed by atoms with E-state index >= 15 is 0 Å². The van der Waals surface area contributed by atoms with Gasteiger partial charge in [-0.25, -0.2) is 0 Å². The number of likely N-dealkylation sites (tertiary alicyclic amines) is 1. The van der Waals surface area contributed by atoms with Gasteiger partial charge in [0.05, 0.1) is 0 Å². The molecule has 1 saturated heterocycles. The van der Waals surface area contributed by atoms with Gasteiger partial charge in [-0.05, 0) is 52.4 Å². The minimum atomic E-state index is 0.746. The molecule has 0 aromatic rings. The zero-order valence-corrected chi connectivity index (χ0v) is 10.6. The highest BCUT2D eigenvalue weighted by Gasteiger charge is 2.21. The maximum Gasteiger partial charge on any atom is 0.0217 e. The molecular formula is C12H27N3. The van der Waals surface area contributed by atoms with E-state index in [-0.39, 0.29) is 0 Å². The van der Waals surface area contributed by atoms with Crippen LogP contribution < -0.4 is 5.73 Å².